The minimum atomic E-state index is -3.98. The summed E-state index contributed by atoms with van der Waals surface area (Å²) in [6.07, 6.45) is 5.34. The van der Waals surface area contributed by atoms with Gasteiger partial charge in [0.15, 0.2) is 0 Å². The standard InChI is InChI=1S/C22H20N6O5S/c1-34(32,33)28(17-8-6-15(7-9-17)16-12-23-14-24-13-16)20(22(30)31)10-11-27-21(29)18-4-2-3-5-19(18)25-26-27/h2-9,12-14,20H,10-11H2,1H3,(H,30,31). The maximum Gasteiger partial charge on any atom is 0.327 e. The van der Waals surface area contributed by atoms with Crippen LogP contribution >= 0.6 is 0 Å². The van der Waals surface area contributed by atoms with Gasteiger partial charge in [-0.3, -0.25) is 9.10 Å². The van der Waals surface area contributed by atoms with Crippen molar-refractivity contribution in [1.82, 2.24) is 25.0 Å². The number of anilines is 1. The van der Waals surface area contributed by atoms with Gasteiger partial charge in [-0.05, 0) is 36.2 Å². The van der Waals surface area contributed by atoms with Gasteiger partial charge in [0.2, 0.25) is 10.0 Å². The van der Waals surface area contributed by atoms with E-state index in [4.69, 9.17) is 0 Å². The molecule has 0 aliphatic rings. The van der Waals surface area contributed by atoms with Gasteiger partial charge in [0.25, 0.3) is 5.56 Å². The molecule has 1 unspecified atom stereocenters. The topological polar surface area (TPSA) is 148 Å². The second-order valence-corrected chi connectivity index (χ2v) is 9.37. The Morgan fingerprint density at radius 2 is 1.74 bits per heavy atom. The molecule has 0 aliphatic heterocycles. The Morgan fingerprint density at radius 3 is 2.38 bits per heavy atom. The van der Waals surface area contributed by atoms with E-state index in [0.29, 0.717) is 10.9 Å². The fraction of sp³-hybridized carbons (Fsp3) is 0.182. The van der Waals surface area contributed by atoms with Crippen molar-refractivity contribution in [1.29, 1.82) is 0 Å². The number of hydrogen-bond donors (Lipinski definition) is 1. The molecule has 0 saturated heterocycles. The summed E-state index contributed by atoms with van der Waals surface area (Å²) in [6.45, 7) is -0.140. The molecule has 1 atom stereocenters. The number of carboxylic acid groups (broad SMARTS) is 1. The normalized spacial score (nSPS) is 12.4. The van der Waals surface area contributed by atoms with Crippen LogP contribution in [0.5, 0.6) is 0 Å². The third-order valence-corrected chi connectivity index (χ3v) is 6.36. The molecular formula is C22H20N6O5S. The largest absolute Gasteiger partial charge is 0.480 e. The zero-order valence-corrected chi connectivity index (χ0v) is 18.8. The van der Waals surface area contributed by atoms with E-state index in [1.54, 1.807) is 48.8 Å². The Morgan fingerprint density at radius 1 is 1.06 bits per heavy atom. The number of benzene rings is 2. The van der Waals surface area contributed by atoms with E-state index < -0.39 is 27.6 Å². The van der Waals surface area contributed by atoms with Crippen LogP contribution in [0.4, 0.5) is 5.69 Å². The second-order valence-electron chi connectivity index (χ2n) is 7.51. The quantitative estimate of drug-likeness (QED) is 0.396. The smallest absolute Gasteiger partial charge is 0.327 e. The summed E-state index contributed by atoms with van der Waals surface area (Å²) in [7, 11) is -3.98. The highest BCUT2D eigenvalue weighted by Crippen LogP contribution is 2.26. The molecule has 0 spiro atoms. The summed E-state index contributed by atoms with van der Waals surface area (Å²) in [5.41, 5.74) is 1.62. The predicted molar refractivity (Wildman–Crippen MR) is 125 cm³/mol. The minimum absolute atomic E-state index is 0.140. The first-order valence-corrected chi connectivity index (χ1v) is 12.0. The molecule has 0 amide bonds. The first kappa shape index (κ1) is 23.0. The molecule has 2 aromatic carbocycles. The van der Waals surface area contributed by atoms with Crippen LogP contribution in [0.3, 0.4) is 0 Å². The lowest BCUT2D eigenvalue weighted by atomic mass is 10.1. The molecule has 4 aromatic rings. The van der Waals surface area contributed by atoms with Crippen LogP contribution < -0.4 is 9.86 Å². The Hall–Kier alpha value is -4.19. The van der Waals surface area contributed by atoms with Crippen LogP contribution in [0.2, 0.25) is 0 Å². The second kappa shape index (κ2) is 9.35. The number of hydrogen-bond acceptors (Lipinski definition) is 8. The Labute approximate surface area is 194 Å². The van der Waals surface area contributed by atoms with Crippen LogP contribution in [0.1, 0.15) is 6.42 Å². The van der Waals surface area contributed by atoms with Crippen LogP contribution in [0.25, 0.3) is 22.0 Å². The van der Waals surface area contributed by atoms with E-state index in [0.717, 1.165) is 26.4 Å². The maximum atomic E-state index is 12.7. The SMILES string of the molecule is CS(=O)(=O)N(c1ccc(-c2cncnc2)cc1)C(CCn1nnc2ccccc2c1=O)C(=O)O. The lowest BCUT2D eigenvalue weighted by Crippen LogP contribution is -2.46. The summed E-state index contributed by atoms with van der Waals surface area (Å²) >= 11 is 0. The van der Waals surface area contributed by atoms with Crippen molar-refractivity contribution < 1.29 is 18.3 Å². The third-order valence-electron chi connectivity index (χ3n) is 5.18. The lowest BCUT2D eigenvalue weighted by Gasteiger charge is -2.29. The zero-order chi connectivity index (χ0) is 24.3. The monoisotopic (exact) mass is 480 g/mol. The maximum absolute atomic E-state index is 12.7. The summed E-state index contributed by atoms with van der Waals surface area (Å²) in [5.74, 6) is -1.35. The number of carboxylic acids is 1. The number of aliphatic carboxylic acids is 1. The first-order chi connectivity index (χ1) is 16.3. The molecule has 12 heteroatoms. The molecule has 174 valence electrons. The van der Waals surface area contributed by atoms with E-state index >= 15 is 0 Å². The van der Waals surface area contributed by atoms with Gasteiger partial charge in [-0.2, -0.15) is 0 Å². The highest BCUT2D eigenvalue weighted by molar-refractivity contribution is 7.92. The summed E-state index contributed by atoms with van der Waals surface area (Å²) < 4.78 is 27.1. The fourth-order valence-electron chi connectivity index (χ4n) is 3.61. The third kappa shape index (κ3) is 4.76. The molecule has 2 heterocycles. The lowest BCUT2D eigenvalue weighted by molar-refractivity contribution is -0.138. The Bertz CT molecular complexity index is 1490. The van der Waals surface area contributed by atoms with Crippen molar-refractivity contribution in [2.75, 3.05) is 10.6 Å². The minimum Gasteiger partial charge on any atom is -0.480 e. The summed E-state index contributed by atoms with van der Waals surface area (Å²) in [4.78, 5) is 32.7. The molecule has 34 heavy (non-hydrogen) atoms. The van der Waals surface area contributed by atoms with Gasteiger partial charge in [0.1, 0.15) is 17.9 Å². The molecule has 1 N–H and O–H groups in total. The average molecular weight is 481 g/mol. The number of rotatable bonds is 8. The van der Waals surface area contributed by atoms with Gasteiger partial charge in [-0.25, -0.2) is 27.9 Å². The van der Waals surface area contributed by atoms with E-state index in [2.05, 4.69) is 20.3 Å². The average Bonchev–Trinajstić information content (AvgIpc) is 2.83. The molecule has 4 rings (SSSR count). The highest BCUT2D eigenvalue weighted by Gasteiger charge is 2.32. The van der Waals surface area contributed by atoms with E-state index in [9.17, 15) is 23.1 Å². The summed E-state index contributed by atoms with van der Waals surface area (Å²) in [5, 5.41) is 18.0. The van der Waals surface area contributed by atoms with Crippen molar-refractivity contribution >= 4 is 32.6 Å². The van der Waals surface area contributed by atoms with Crippen LogP contribution in [0, 0.1) is 0 Å². The van der Waals surface area contributed by atoms with Crippen LogP contribution in [-0.2, 0) is 21.4 Å². The number of fused-ring (bicyclic) bond motifs is 1. The number of aryl methyl sites for hydroxylation is 1. The van der Waals surface area contributed by atoms with Crippen LogP contribution in [0.15, 0.2) is 72.0 Å². The number of aromatic nitrogens is 5. The van der Waals surface area contributed by atoms with Gasteiger partial charge in [-0.1, -0.05) is 29.5 Å². The molecule has 0 bridgehead atoms. The van der Waals surface area contributed by atoms with Gasteiger partial charge >= 0.3 is 5.97 Å². The van der Waals surface area contributed by atoms with Gasteiger partial charge in [-0.15, -0.1) is 5.10 Å². The fourth-order valence-corrected chi connectivity index (χ4v) is 4.77. The molecule has 0 saturated carbocycles. The van der Waals surface area contributed by atoms with Crippen molar-refractivity contribution in [3.63, 3.8) is 0 Å². The van der Waals surface area contributed by atoms with Crippen molar-refractivity contribution in [2.45, 2.75) is 19.0 Å². The van der Waals surface area contributed by atoms with Gasteiger partial charge in [0, 0.05) is 24.5 Å². The Balaban J connectivity index is 1.64. The molecule has 11 nitrogen and oxygen atoms in total. The molecule has 2 aromatic heterocycles. The van der Waals surface area contributed by atoms with Gasteiger partial charge in [0.05, 0.1) is 17.3 Å². The van der Waals surface area contributed by atoms with E-state index in [1.807, 2.05) is 0 Å². The summed E-state index contributed by atoms with van der Waals surface area (Å²) in [6, 6.07) is 11.5. The molecule has 0 aliphatic carbocycles. The molecule has 0 fully saturated rings. The van der Waals surface area contributed by atoms with Crippen molar-refractivity contribution in [3.05, 3.63) is 77.6 Å². The number of carbonyl (C=O) groups is 1. The molecule has 0 radical (unpaired) electrons. The highest BCUT2D eigenvalue weighted by atomic mass is 32.2. The van der Waals surface area contributed by atoms with Crippen molar-refractivity contribution in [3.8, 4) is 11.1 Å². The van der Waals surface area contributed by atoms with Crippen LogP contribution in [-0.4, -0.2) is 56.8 Å². The van der Waals surface area contributed by atoms with E-state index in [1.165, 1.54) is 18.5 Å². The zero-order valence-electron chi connectivity index (χ0n) is 18.0. The Kier molecular flexibility index (Phi) is 6.32. The van der Waals surface area contributed by atoms with E-state index in [-0.39, 0.29) is 18.7 Å². The number of sulfonamides is 1. The first-order valence-electron chi connectivity index (χ1n) is 10.2. The predicted octanol–water partition coefficient (Wildman–Crippen LogP) is 1.56. The van der Waals surface area contributed by atoms with Crippen molar-refractivity contribution in [2.24, 2.45) is 0 Å². The molecular weight excluding hydrogens is 460 g/mol. The van der Waals surface area contributed by atoms with Gasteiger partial charge < -0.3 is 5.11 Å². The number of nitrogens with zero attached hydrogens (tertiary/aromatic N) is 6.